The molecule has 1 nitrogen and oxygen atoms in total. The summed E-state index contributed by atoms with van der Waals surface area (Å²) >= 11 is 14.4. The third-order valence-electron chi connectivity index (χ3n) is 2.45. The number of hydrogen-bond acceptors (Lipinski definition) is 2. The average Bonchev–Trinajstić information content (AvgIpc) is 2.73. The topological polar surface area (TPSA) is 9.23 Å². The molecule has 0 saturated carbocycles. The number of ether oxygens (including phenoxy) is 1. The Morgan fingerprint density at radius 2 is 2.11 bits per heavy atom. The van der Waals surface area contributed by atoms with Crippen LogP contribution in [0.15, 0.2) is 28.7 Å². The first-order valence-corrected chi connectivity index (χ1v) is 8.43. The van der Waals surface area contributed by atoms with Gasteiger partial charge in [-0.1, -0.05) is 43.5 Å². The molecule has 0 radical (unpaired) electrons. The fourth-order valence-electron chi connectivity index (χ4n) is 1.68. The average molecular weight is 411 g/mol. The van der Waals surface area contributed by atoms with Gasteiger partial charge in [-0.2, -0.15) is 0 Å². The molecule has 96 valence electrons. The van der Waals surface area contributed by atoms with Crippen molar-refractivity contribution in [2.45, 2.75) is 18.9 Å². The Morgan fingerprint density at radius 3 is 2.72 bits per heavy atom. The van der Waals surface area contributed by atoms with E-state index in [9.17, 15) is 0 Å². The smallest absolute Gasteiger partial charge is 0.126 e. The highest BCUT2D eigenvalue weighted by Crippen LogP contribution is 2.31. The predicted octanol–water partition coefficient (Wildman–Crippen LogP) is 5.95. The van der Waals surface area contributed by atoms with Crippen LogP contribution in [0.2, 0.25) is 4.34 Å². The van der Waals surface area contributed by atoms with Crippen molar-refractivity contribution in [3.8, 4) is 5.75 Å². The summed E-state index contributed by atoms with van der Waals surface area (Å²) in [6, 6.07) is 8.02. The van der Waals surface area contributed by atoms with E-state index < -0.39 is 0 Å². The van der Waals surface area contributed by atoms with Crippen molar-refractivity contribution >= 4 is 54.8 Å². The summed E-state index contributed by atoms with van der Waals surface area (Å²) in [6.07, 6.45) is 0. The number of halogens is 3. The third-order valence-corrected chi connectivity index (χ3v) is 4.71. The highest BCUT2D eigenvalue weighted by Gasteiger charge is 2.09. The van der Waals surface area contributed by atoms with Crippen LogP contribution in [-0.2, 0) is 11.9 Å². The van der Waals surface area contributed by atoms with E-state index in [0.29, 0.717) is 6.61 Å². The van der Waals surface area contributed by atoms with Crippen LogP contribution in [0.3, 0.4) is 0 Å². The molecule has 0 atom stereocenters. The predicted molar refractivity (Wildman–Crippen MR) is 85.2 cm³/mol. The van der Waals surface area contributed by atoms with Gasteiger partial charge in [-0.15, -0.1) is 11.3 Å². The van der Waals surface area contributed by atoms with E-state index in [2.05, 4.69) is 44.0 Å². The van der Waals surface area contributed by atoms with Gasteiger partial charge in [0.05, 0.1) is 4.34 Å². The summed E-state index contributed by atoms with van der Waals surface area (Å²) in [5, 5.41) is 0.772. The van der Waals surface area contributed by atoms with E-state index in [0.717, 1.165) is 35.9 Å². The van der Waals surface area contributed by atoms with Crippen LogP contribution in [0, 0.1) is 6.92 Å². The molecule has 2 rings (SSSR count). The Hall–Kier alpha value is -0.0300. The molecule has 0 saturated heterocycles. The van der Waals surface area contributed by atoms with Gasteiger partial charge in [0.15, 0.2) is 0 Å². The molecule has 0 fully saturated rings. The molecule has 0 N–H and O–H groups in total. The van der Waals surface area contributed by atoms with Crippen molar-refractivity contribution in [1.29, 1.82) is 0 Å². The first kappa shape index (κ1) is 14.4. The first-order chi connectivity index (χ1) is 8.60. The lowest BCUT2D eigenvalue weighted by Gasteiger charge is -2.13. The van der Waals surface area contributed by atoms with E-state index in [1.54, 1.807) is 11.3 Å². The monoisotopic (exact) mass is 408 g/mol. The molecule has 5 heteroatoms. The molecule has 0 amide bonds. The van der Waals surface area contributed by atoms with Gasteiger partial charge in [-0.05, 0) is 36.8 Å². The van der Waals surface area contributed by atoms with E-state index in [1.165, 1.54) is 0 Å². The molecule has 1 heterocycles. The molecule has 18 heavy (non-hydrogen) atoms. The van der Waals surface area contributed by atoms with Gasteiger partial charge in [-0.3, -0.25) is 0 Å². The van der Waals surface area contributed by atoms with Crippen molar-refractivity contribution in [2.75, 3.05) is 0 Å². The maximum Gasteiger partial charge on any atom is 0.126 e. The van der Waals surface area contributed by atoms with E-state index in [-0.39, 0.29) is 0 Å². The number of thiophene rings is 1. The summed E-state index contributed by atoms with van der Waals surface area (Å²) in [5.41, 5.74) is 2.27. The first-order valence-electron chi connectivity index (χ1n) is 5.32. The maximum atomic E-state index is 5.91. The lowest BCUT2D eigenvalue weighted by molar-refractivity contribution is 0.305. The quantitative estimate of drug-likeness (QED) is 0.566. The zero-order valence-corrected chi connectivity index (χ0v) is 14.4. The molecule has 0 unspecified atom stereocenters. The normalized spacial score (nSPS) is 10.7. The molecule has 0 aliphatic heterocycles. The van der Waals surface area contributed by atoms with Crippen LogP contribution >= 0.6 is 54.8 Å². The zero-order chi connectivity index (χ0) is 13.1. The van der Waals surface area contributed by atoms with Crippen molar-refractivity contribution in [3.63, 3.8) is 0 Å². The summed E-state index contributed by atoms with van der Waals surface area (Å²) in [5.74, 6) is 0.944. The fourth-order valence-corrected chi connectivity index (χ4v) is 3.71. The van der Waals surface area contributed by atoms with Crippen molar-refractivity contribution in [2.24, 2.45) is 0 Å². The molecule has 0 aliphatic carbocycles. The third kappa shape index (κ3) is 3.50. The standard InChI is InChI=1S/C13H11Br2ClOS/c1-8-4-10(15)5-9(6-14)13(8)17-7-11-2-3-12(16)18-11/h2-5H,6-7H2,1H3. The summed E-state index contributed by atoms with van der Waals surface area (Å²) in [7, 11) is 0. The number of benzene rings is 1. The van der Waals surface area contributed by atoms with Gasteiger partial charge in [0.2, 0.25) is 0 Å². The minimum Gasteiger partial charge on any atom is -0.487 e. The second-order valence-electron chi connectivity index (χ2n) is 3.84. The number of aryl methyl sites for hydroxylation is 1. The molecular formula is C13H11Br2ClOS. The molecule has 0 aliphatic rings. The lowest BCUT2D eigenvalue weighted by atomic mass is 10.1. The van der Waals surface area contributed by atoms with Gasteiger partial charge < -0.3 is 4.74 Å². The van der Waals surface area contributed by atoms with Gasteiger partial charge in [-0.25, -0.2) is 0 Å². The Morgan fingerprint density at radius 1 is 1.33 bits per heavy atom. The van der Waals surface area contributed by atoms with Crippen molar-refractivity contribution < 1.29 is 4.74 Å². The maximum absolute atomic E-state index is 5.91. The second kappa shape index (κ2) is 6.42. The summed E-state index contributed by atoms with van der Waals surface area (Å²) in [4.78, 5) is 1.13. The molecular weight excluding hydrogens is 399 g/mol. The minimum atomic E-state index is 0.555. The number of alkyl halides is 1. The van der Waals surface area contributed by atoms with Crippen LogP contribution in [0.1, 0.15) is 16.0 Å². The SMILES string of the molecule is Cc1cc(Br)cc(CBr)c1OCc1ccc(Cl)s1. The van der Waals surface area contributed by atoms with Gasteiger partial charge >= 0.3 is 0 Å². The fraction of sp³-hybridized carbons (Fsp3) is 0.231. The summed E-state index contributed by atoms with van der Waals surface area (Å²) < 4.78 is 7.78. The minimum absolute atomic E-state index is 0.555. The Bertz CT molecular complexity index is 554. The molecule has 1 aromatic carbocycles. The molecule has 0 spiro atoms. The highest BCUT2D eigenvalue weighted by molar-refractivity contribution is 9.10. The zero-order valence-electron chi connectivity index (χ0n) is 9.67. The van der Waals surface area contributed by atoms with Crippen molar-refractivity contribution in [3.05, 3.63) is 49.1 Å². The Labute approximate surface area is 132 Å². The number of rotatable bonds is 4. The molecule has 1 aromatic heterocycles. The molecule has 2 aromatic rings. The Balaban J connectivity index is 2.18. The Kier molecular flexibility index (Phi) is 5.13. The van der Waals surface area contributed by atoms with E-state index in [4.69, 9.17) is 16.3 Å². The largest absolute Gasteiger partial charge is 0.487 e. The van der Waals surface area contributed by atoms with Crippen LogP contribution in [0.25, 0.3) is 0 Å². The summed E-state index contributed by atoms with van der Waals surface area (Å²) in [6.45, 7) is 2.60. The second-order valence-corrected chi connectivity index (χ2v) is 7.12. The van der Waals surface area contributed by atoms with E-state index in [1.807, 2.05) is 19.1 Å². The van der Waals surface area contributed by atoms with Crippen LogP contribution in [0.4, 0.5) is 0 Å². The van der Waals surface area contributed by atoms with E-state index >= 15 is 0 Å². The van der Waals surface area contributed by atoms with Gasteiger partial charge in [0.25, 0.3) is 0 Å². The molecule has 0 bridgehead atoms. The van der Waals surface area contributed by atoms with Crippen molar-refractivity contribution in [1.82, 2.24) is 0 Å². The lowest BCUT2D eigenvalue weighted by Crippen LogP contribution is -1.98. The number of hydrogen-bond donors (Lipinski definition) is 0. The van der Waals surface area contributed by atoms with Gasteiger partial charge in [0.1, 0.15) is 12.4 Å². The van der Waals surface area contributed by atoms with Crippen LogP contribution in [-0.4, -0.2) is 0 Å². The van der Waals surface area contributed by atoms with Crippen LogP contribution in [0.5, 0.6) is 5.75 Å². The van der Waals surface area contributed by atoms with Gasteiger partial charge in [0, 0.05) is 20.2 Å². The van der Waals surface area contributed by atoms with Crippen LogP contribution < -0.4 is 4.74 Å². The highest BCUT2D eigenvalue weighted by atomic mass is 79.9.